The van der Waals surface area contributed by atoms with E-state index >= 15 is 0 Å². The molecule has 0 bridgehead atoms. The van der Waals surface area contributed by atoms with Gasteiger partial charge in [-0.15, -0.1) is 11.8 Å². The van der Waals surface area contributed by atoms with E-state index in [0.29, 0.717) is 24.8 Å². The Kier molecular flexibility index (Phi) is 7.74. The standard InChI is InChI=1S/C20H25NO4S2/c1-16(2)13-21(20(22)15-26-19-10-5-4-6-11-19)14-17-8-7-9-18(12-17)25-27(3,23)24/h4-12,16H,13-15H2,1-3H3. The van der Waals surface area contributed by atoms with Crippen molar-refractivity contribution in [2.45, 2.75) is 25.3 Å². The number of benzene rings is 2. The normalized spacial score (nSPS) is 11.4. The highest BCUT2D eigenvalue weighted by Gasteiger charge is 2.16. The Morgan fingerprint density at radius 1 is 1.11 bits per heavy atom. The smallest absolute Gasteiger partial charge is 0.306 e. The molecule has 0 saturated heterocycles. The molecule has 1 amide bonds. The lowest BCUT2D eigenvalue weighted by atomic mass is 10.1. The van der Waals surface area contributed by atoms with E-state index in [9.17, 15) is 13.2 Å². The maximum atomic E-state index is 12.7. The van der Waals surface area contributed by atoms with Gasteiger partial charge in [0.15, 0.2) is 0 Å². The summed E-state index contributed by atoms with van der Waals surface area (Å²) in [5, 5.41) is 0. The number of carbonyl (C=O) groups excluding carboxylic acids is 1. The van der Waals surface area contributed by atoms with Crippen LogP contribution in [0.3, 0.4) is 0 Å². The minimum atomic E-state index is -3.58. The van der Waals surface area contributed by atoms with Crippen molar-refractivity contribution in [2.24, 2.45) is 5.92 Å². The van der Waals surface area contributed by atoms with Gasteiger partial charge >= 0.3 is 10.1 Å². The molecule has 2 aromatic carbocycles. The molecule has 0 heterocycles. The first-order valence-corrected chi connectivity index (χ1v) is 11.5. The number of hydrogen-bond acceptors (Lipinski definition) is 5. The molecule has 0 saturated carbocycles. The van der Waals surface area contributed by atoms with E-state index in [4.69, 9.17) is 4.18 Å². The van der Waals surface area contributed by atoms with Crippen molar-refractivity contribution in [3.63, 3.8) is 0 Å². The van der Waals surface area contributed by atoms with Crippen LogP contribution in [0.2, 0.25) is 0 Å². The first-order chi connectivity index (χ1) is 12.7. The predicted octanol–water partition coefficient (Wildman–Crippen LogP) is 3.80. The summed E-state index contributed by atoms with van der Waals surface area (Å²) in [7, 11) is -3.58. The maximum Gasteiger partial charge on any atom is 0.306 e. The minimum Gasteiger partial charge on any atom is -0.383 e. The molecule has 0 aromatic heterocycles. The van der Waals surface area contributed by atoms with Crippen molar-refractivity contribution < 1.29 is 17.4 Å². The number of rotatable bonds is 9. The first kappa shape index (κ1) is 21.3. The summed E-state index contributed by atoms with van der Waals surface area (Å²) < 4.78 is 27.6. The highest BCUT2D eigenvalue weighted by atomic mass is 32.2. The van der Waals surface area contributed by atoms with Gasteiger partial charge in [-0.2, -0.15) is 8.42 Å². The highest BCUT2D eigenvalue weighted by molar-refractivity contribution is 8.00. The Labute approximate surface area is 165 Å². The Balaban J connectivity index is 2.07. The number of amides is 1. The van der Waals surface area contributed by atoms with Gasteiger partial charge in [-0.25, -0.2) is 0 Å². The van der Waals surface area contributed by atoms with Crippen molar-refractivity contribution in [2.75, 3.05) is 18.6 Å². The van der Waals surface area contributed by atoms with Crippen LogP contribution in [0.1, 0.15) is 19.4 Å². The molecule has 0 spiro atoms. The Morgan fingerprint density at radius 3 is 2.44 bits per heavy atom. The van der Waals surface area contributed by atoms with E-state index in [1.54, 1.807) is 23.1 Å². The van der Waals surface area contributed by atoms with Crippen LogP contribution in [-0.4, -0.2) is 37.8 Å². The van der Waals surface area contributed by atoms with Crippen LogP contribution >= 0.6 is 11.8 Å². The monoisotopic (exact) mass is 407 g/mol. The van der Waals surface area contributed by atoms with Gasteiger partial charge < -0.3 is 9.08 Å². The van der Waals surface area contributed by atoms with Crippen LogP contribution in [0.4, 0.5) is 0 Å². The molecular formula is C20H25NO4S2. The van der Waals surface area contributed by atoms with Crippen LogP contribution < -0.4 is 4.18 Å². The van der Waals surface area contributed by atoms with Crippen molar-refractivity contribution in [1.29, 1.82) is 0 Å². The largest absolute Gasteiger partial charge is 0.383 e. The Hall–Kier alpha value is -1.99. The zero-order valence-electron chi connectivity index (χ0n) is 15.8. The SMILES string of the molecule is CC(C)CN(Cc1cccc(OS(C)(=O)=O)c1)C(=O)CSc1ccccc1. The van der Waals surface area contributed by atoms with Gasteiger partial charge in [0.25, 0.3) is 0 Å². The number of hydrogen-bond donors (Lipinski definition) is 0. The lowest BCUT2D eigenvalue weighted by molar-refractivity contribution is -0.129. The van der Waals surface area contributed by atoms with Crippen molar-refractivity contribution >= 4 is 27.8 Å². The van der Waals surface area contributed by atoms with Crippen LogP contribution in [-0.2, 0) is 21.5 Å². The van der Waals surface area contributed by atoms with Crippen molar-refractivity contribution in [3.05, 3.63) is 60.2 Å². The summed E-state index contributed by atoms with van der Waals surface area (Å²) in [6.45, 7) is 5.17. The average molecular weight is 408 g/mol. The van der Waals surface area contributed by atoms with Gasteiger partial charge in [0.05, 0.1) is 12.0 Å². The quantitative estimate of drug-likeness (QED) is 0.467. The fourth-order valence-corrected chi connectivity index (χ4v) is 3.81. The summed E-state index contributed by atoms with van der Waals surface area (Å²) in [6, 6.07) is 16.6. The summed E-state index contributed by atoms with van der Waals surface area (Å²) in [6.07, 6.45) is 1.01. The van der Waals surface area contributed by atoms with Gasteiger partial charge in [0.2, 0.25) is 5.91 Å². The minimum absolute atomic E-state index is 0.0481. The predicted molar refractivity (Wildman–Crippen MR) is 109 cm³/mol. The topological polar surface area (TPSA) is 63.7 Å². The summed E-state index contributed by atoms with van der Waals surface area (Å²) in [5.41, 5.74) is 0.829. The zero-order valence-corrected chi connectivity index (χ0v) is 17.4. The zero-order chi connectivity index (χ0) is 19.9. The number of thioether (sulfide) groups is 1. The second kappa shape index (κ2) is 9.80. The molecule has 0 aliphatic heterocycles. The Bertz CT molecular complexity index is 851. The van der Waals surface area contributed by atoms with E-state index in [1.165, 1.54) is 11.8 Å². The van der Waals surface area contributed by atoms with Crippen molar-refractivity contribution in [3.8, 4) is 5.75 Å². The summed E-state index contributed by atoms with van der Waals surface area (Å²) in [5.74, 6) is 0.986. The van der Waals surface area contributed by atoms with E-state index < -0.39 is 10.1 Å². The molecule has 0 aliphatic carbocycles. The van der Waals surface area contributed by atoms with Gasteiger partial charge in [0.1, 0.15) is 5.75 Å². The van der Waals surface area contributed by atoms with E-state index in [-0.39, 0.29) is 11.7 Å². The molecular weight excluding hydrogens is 382 g/mol. The molecule has 146 valence electrons. The number of carbonyl (C=O) groups is 1. The van der Waals surface area contributed by atoms with Gasteiger partial charge in [-0.3, -0.25) is 4.79 Å². The molecule has 0 N–H and O–H groups in total. The summed E-state index contributed by atoms with van der Waals surface area (Å²) >= 11 is 1.51. The van der Waals surface area contributed by atoms with E-state index in [0.717, 1.165) is 16.7 Å². The molecule has 5 nitrogen and oxygen atoms in total. The summed E-state index contributed by atoms with van der Waals surface area (Å²) in [4.78, 5) is 15.6. The van der Waals surface area contributed by atoms with E-state index in [2.05, 4.69) is 13.8 Å². The van der Waals surface area contributed by atoms with Crippen molar-refractivity contribution in [1.82, 2.24) is 4.90 Å². The van der Waals surface area contributed by atoms with Crippen LogP contribution in [0.25, 0.3) is 0 Å². The second-order valence-electron chi connectivity index (χ2n) is 6.70. The van der Waals surface area contributed by atoms with Crippen LogP contribution in [0.15, 0.2) is 59.5 Å². The van der Waals surface area contributed by atoms with Gasteiger partial charge in [-0.05, 0) is 35.7 Å². The molecule has 0 aliphatic rings. The third kappa shape index (κ3) is 8.05. The van der Waals surface area contributed by atoms with Crippen LogP contribution in [0.5, 0.6) is 5.75 Å². The maximum absolute atomic E-state index is 12.7. The fraction of sp³-hybridized carbons (Fsp3) is 0.350. The molecule has 0 fully saturated rings. The number of nitrogens with zero attached hydrogens (tertiary/aromatic N) is 1. The molecule has 0 unspecified atom stereocenters. The average Bonchev–Trinajstić information content (AvgIpc) is 2.58. The third-order valence-corrected chi connectivity index (χ3v) is 5.06. The second-order valence-corrected chi connectivity index (χ2v) is 9.33. The third-order valence-electron chi connectivity index (χ3n) is 3.56. The molecule has 2 aromatic rings. The molecule has 0 atom stereocenters. The molecule has 7 heteroatoms. The first-order valence-electron chi connectivity index (χ1n) is 8.67. The lowest BCUT2D eigenvalue weighted by Crippen LogP contribution is -2.35. The molecule has 2 rings (SSSR count). The molecule has 27 heavy (non-hydrogen) atoms. The Morgan fingerprint density at radius 2 is 1.81 bits per heavy atom. The van der Waals surface area contributed by atoms with Gasteiger partial charge in [-0.1, -0.05) is 44.2 Å². The highest BCUT2D eigenvalue weighted by Crippen LogP contribution is 2.20. The lowest BCUT2D eigenvalue weighted by Gasteiger charge is -2.25. The van der Waals surface area contributed by atoms with Gasteiger partial charge in [0, 0.05) is 18.0 Å². The van der Waals surface area contributed by atoms with Crippen LogP contribution in [0, 0.1) is 5.92 Å². The van der Waals surface area contributed by atoms with E-state index in [1.807, 2.05) is 36.4 Å². The fourth-order valence-electron chi connectivity index (χ4n) is 2.54. The molecule has 0 radical (unpaired) electrons.